The summed E-state index contributed by atoms with van der Waals surface area (Å²) in [7, 11) is 0. The van der Waals surface area contributed by atoms with Crippen LogP contribution in [-0.2, 0) is 0 Å². The lowest BCUT2D eigenvalue weighted by Gasteiger charge is -2.21. The second-order valence-electron chi connectivity index (χ2n) is 5.03. The lowest BCUT2D eigenvalue weighted by Crippen LogP contribution is -2.25. The van der Waals surface area contributed by atoms with E-state index >= 15 is 0 Å². The summed E-state index contributed by atoms with van der Waals surface area (Å²) in [6.45, 7) is 4.55. The van der Waals surface area contributed by atoms with Crippen molar-refractivity contribution in [3.05, 3.63) is 69.7 Å². The fraction of sp³-hybridized carbons (Fsp3) is 0.294. The van der Waals surface area contributed by atoms with Crippen molar-refractivity contribution in [3.8, 4) is 0 Å². The Labute approximate surface area is 128 Å². The molecule has 0 bridgehead atoms. The van der Waals surface area contributed by atoms with Crippen molar-refractivity contribution in [2.75, 3.05) is 6.54 Å². The van der Waals surface area contributed by atoms with Crippen LogP contribution in [0.25, 0.3) is 0 Å². The van der Waals surface area contributed by atoms with Crippen molar-refractivity contribution < 1.29 is 8.78 Å². The van der Waals surface area contributed by atoms with Crippen LogP contribution in [0.15, 0.2) is 36.4 Å². The average Bonchev–Trinajstić information content (AvgIpc) is 2.45. The molecule has 0 aliphatic rings. The molecule has 0 saturated heterocycles. The van der Waals surface area contributed by atoms with Crippen molar-refractivity contribution in [2.24, 2.45) is 0 Å². The van der Waals surface area contributed by atoms with Gasteiger partial charge in [-0.15, -0.1) is 0 Å². The number of halogens is 3. The van der Waals surface area contributed by atoms with Gasteiger partial charge in [0.25, 0.3) is 0 Å². The standard InChI is InChI=1S/C17H18ClF2N/c1-3-9-21-17(12-8-7-11(2)13(18)10-12)16-14(19)5-4-6-15(16)20/h4-8,10,17,21H,3,9H2,1-2H3. The molecule has 0 fully saturated rings. The van der Waals surface area contributed by atoms with Crippen LogP contribution < -0.4 is 5.32 Å². The van der Waals surface area contributed by atoms with Gasteiger partial charge in [-0.05, 0) is 49.2 Å². The molecule has 1 atom stereocenters. The first kappa shape index (κ1) is 15.9. The Balaban J connectivity index is 2.49. The average molecular weight is 310 g/mol. The van der Waals surface area contributed by atoms with E-state index in [1.807, 2.05) is 26.0 Å². The SMILES string of the molecule is CCCNC(c1ccc(C)c(Cl)c1)c1c(F)cccc1F. The van der Waals surface area contributed by atoms with Crippen LogP contribution in [0.1, 0.15) is 36.1 Å². The third-order valence-electron chi connectivity index (χ3n) is 3.42. The summed E-state index contributed by atoms with van der Waals surface area (Å²) in [4.78, 5) is 0. The lowest BCUT2D eigenvalue weighted by molar-refractivity contribution is 0.503. The van der Waals surface area contributed by atoms with Crippen molar-refractivity contribution in [1.29, 1.82) is 0 Å². The minimum Gasteiger partial charge on any atom is -0.306 e. The minimum atomic E-state index is -0.555. The smallest absolute Gasteiger partial charge is 0.131 e. The molecular formula is C17H18ClF2N. The maximum Gasteiger partial charge on any atom is 0.131 e. The largest absolute Gasteiger partial charge is 0.306 e. The minimum absolute atomic E-state index is 0.0332. The molecule has 0 amide bonds. The van der Waals surface area contributed by atoms with Gasteiger partial charge in [0.05, 0.1) is 6.04 Å². The molecule has 0 radical (unpaired) electrons. The zero-order valence-corrected chi connectivity index (χ0v) is 12.8. The molecule has 2 aromatic carbocycles. The van der Waals surface area contributed by atoms with Crippen LogP contribution in [0.5, 0.6) is 0 Å². The quantitative estimate of drug-likeness (QED) is 0.818. The molecule has 1 N–H and O–H groups in total. The molecule has 0 heterocycles. The third kappa shape index (κ3) is 3.60. The van der Waals surface area contributed by atoms with Gasteiger partial charge in [0.2, 0.25) is 0 Å². The number of rotatable bonds is 5. The number of hydrogen-bond donors (Lipinski definition) is 1. The summed E-state index contributed by atoms with van der Waals surface area (Å²) in [5, 5.41) is 3.78. The van der Waals surface area contributed by atoms with Crippen LogP contribution in [0.4, 0.5) is 8.78 Å². The number of hydrogen-bond acceptors (Lipinski definition) is 1. The maximum atomic E-state index is 14.1. The molecule has 0 aliphatic heterocycles. The second-order valence-corrected chi connectivity index (χ2v) is 5.44. The highest BCUT2D eigenvalue weighted by Gasteiger charge is 2.21. The highest BCUT2D eigenvalue weighted by atomic mass is 35.5. The number of nitrogens with one attached hydrogen (secondary N) is 1. The first-order valence-electron chi connectivity index (χ1n) is 6.98. The molecule has 0 saturated carbocycles. The number of aryl methyl sites for hydroxylation is 1. The Morgan fingerprint density at radius 2 is 1.81 bits per heavy atom. The maximum absolute atomic E-state index is 14.1. The summed E-state index contributed by atoms with van der Waals surface area (Å²) < 4.78 is 28.2. The Kier molecular flexibility index (Phi) is 5.32. The first-order chi connectivity index (χ1) is 10.0. The molecule has 0 spiro atoms. The molecule has 0 aromatic heterocycles. The van der Waals surface area contributed by atoms with E-state index in [9.17, 15) is 8.78 Å². The van der Waals surface area contributed by atoms with Crippen LogP contribution >= 0.6 is 11.6 Å². The molecule has 0 aliphatic carbocycles. The van der Waals surface area contributed by atoms with E-state index in [4.69, 9.17) is 11.6 Å². The fourth-order valence-electron chi connectivity index (χ4n) is 2.25. The van der Waals surface area contributed by atoms with Crippen LogP contribution in [0.2, 0.25) is 5.02 Å². The summed E-state index contributed by atoms with van der Waals surface area (Å²) >= 11 is 6.14. The van der Waals surface area contributed by atoms with Crippen molar-refractivity contribution in [3.63, 3.8) is 0 Å². The van der Waals surface area contributed by atoms with Crippen molar-refractivity contribution in [1.82, 2.24) is 5.32 Å². The Bertz CT molecular complexity index is 608. The zero-order chi connectivity index (χ0) is 15.4. The van der Waals surface area contributed by atoms with Crippen LogP contribution in [-0.4, -0.2) is 6.54 Å². The predicted molar refractivity (Wildman–Crippen MR) is 82.7 cm³/mol. The second kappa shape index (κ2) is 7.01. The summed E-state index contributed by atoms with van der Waals surface area (Å²) in [5.74, 6) is -1.11. The fourth-order valence-corrected chi connectivity index (χ4v) is 2.44. The predicted octanol–water partition coefficient (Wildman–Crippen LogP) is 5.02. The molecule has 2 rings (SSSR count). The summed E-state index contributed by atoms with van der Waals surface area (Å²) in [6, 6.07) is 8.83. The topological polar surface area (TPSA) is 12.0 Å². The van der Waals surface area contributed by atoms with Gasteiger partial charge in [0.1, 0.15) is 11.6 Å². The highest BCUT2D eigenvalue weighted by Crippen LogP contribution is 2.29. The van der Waals surface area contributed by atoms with Crippen LogP contribution in [0.3, 0.4) is 0 Å². The van der Waals surface area contributed by atoms with E-state index in [0.29, 0.717) is 11.6 Å². The molecule has 112 valence electrons. The van der Waals surface area contributed by atoms with E-state index in [0.717, 1.165) is 17.5 Å². The first-order valence-corrected chi connectivity index (χ1v) is 7.35. The van der Waals surface area contributed by atoms with Gasteiger partial charge in [0, 0.05) is 10.6 Å². The van der Waals surface area contributed by atoms with Gasteiger partial charge >= 0.3 is 0 Å². The molecule has 4 heteroatoms. The van der Waals surface area contributed by atoms with Crippen molar-refractivity contribution >= 4 is 11.6 Å². The molecular weight excluding hydrogens is 292 g/mol. The number of benzene rings is 2. The monoisotopic (exact) mass is 309 g/mol. The van der Waals surface area contributed by atoms with Gasteiger partial charge in [-0.2, -0.15) is 0 Å². The van der Waals surface area contributed by atoms with E-state index in [-0.39, 0.29) is 5.56 Å². The normalized spacial score (nSPS) is 12.4. The molecule has 1 unspecified atom stereocenters. The molecule has 1 nitrogen and oxygen atoms in total. The van der Waals surface area contributed by atoms with E-state index in [2.05, 4.69) is 5.32 Å². The van der Waals surface area contributed by atoms with Gasteiger partial charge in [-0.3, -0.25) is 0 Å². The highest BCUT2D eigenvalue weighted by molar-refractivity contribution is 6.31. The third-order valence-corrected chi connectivity index (χ3v) is 3.82. The molecule has 21 heavy (non-hydrogen) atoms. The van der Waals surface area contributed by atoms with Crippen molar-refractivity contribution in [2.45, 2.75) is 26.3 Å². The molecule has 2 aromatic rings. The van der Waals surface area contributed by atoms with E-state index in [1.165, 1.54) is 18.2 Å². The van der Waals surface area contributed by atoms with Crippen LogP contribution in [0, 0.1) is 18.6 Å². The Morgan fingerprint density at radius 3 is 2.38 bits per heavy atom. The van der Waals surface area contributed by atoms with Gasteiger partial charge in [0.15, 0.2) is 0 Å². The van der Waals surface area contributed by atoms with Gasteiger partial charge < -0.3 is 5.32 Å². The van der Waals surface area contributed by atoms with Gasteiger partial charge in [-0.1, -0.05) is 36.7 Å². The van der Waals surface area contributed by atoms with E-state index < -0.39 is 17.7 Å². The van der Waals surface area contributed by atoms with E-state index in [1.54, 1.807) is 6.07 Å². The summed E-state index contributed by atoms with van der Waals surface area (Å²) in [6.07, 6.45) is 0.867. The zero-order valence-electron chi connectivity index (χ0n) is 12.1. The lowest BCUT2D eigenvalue weighted by atomic mass is 9.96. The van der Waals surface area contributed by atoms with Gasteiger partial charge in [-0.25, -0.2) is 8.78 Å². The summed E-state index contributed by atoms with van der Waals surface area (Å²) in [5.41, 5.74) is 1.72. The Morgan fingerprint density at radius 1 is 1.14 bits per heavy atom. The Hall–Kier alpha value is -1.45.